The van der Waals surface area contributed by atoms with Crippen LogP contribution in [-0.2, 0) is 27.9 Å². The average molecular weight is 326 g/mol. The van der Waals surface area contributed by atoms with Gasteiger partial charge in [-0.05, 0) is 24.3 Å². The summed E-state index contributed by atoms with van der Waals surface area (Å²) in [5.74, 6) is 0.926. The second-order valence-corrected chi connectivity index (χ2v) is 6.76. The first-order chi connectivity index (χ1) is 10.4. The van der Waals surface area contributed by atoms with E-state index in [1.165, 1.54) is 16.8 Å². The molecule has 2 rings (SSSR count). The van der Waals surface area contributed by atoms with Gasteiger partial charge in [0.25, 0.3) is 0 Å². The van der Waals surface area contributed by atoms with E-state index in [4.69, 9.17) is 8.83 Å². The van der Waals surface area contributed by atoms with Gasteiger partial charge in [-0.15, -0.1) is 0 Å². The van der Waals surface area contributed by atoms with Crippen molar-refractivity contribution in [3.05, 3.63) is 48.3 Å². The molecule has 0 unspecified atom stereocenters. The van der Waals surface area contributed by atoms with Crippen molar-refractivity contribution in [3.63, 3.8) is 0 Å². The van der Waals surface area contributed by atoms with E-state index in [0.29, 0.717) is 11.5 Å². The molecule has 0 spiro atoms. The van der Waals surface area contributed by atoms with Crippen LogP contribution in [0.5, 0.6) is 0 Å². The van der Waals surface area contributed by atoms with Crippen LogP contribution in [-0.4, -0.2) is 31.4 Å². The molecule has 0 saturated heterocycles. The highest BCUT2D eigenvalue weighted by molar-refractivity contribution is 7.88. The Morgan fingerprint density at radius 3 is 2.36 bits per heavy atom. The third-order valence-electron chi connectivity index (χ3n) is 3.01. The highest BCUT2D eigenvalue weighted by Gasteiger charge is 2.19. The number of hydrogen-bond donors (Lipinski definition) is 1. The Balaban J connectivity index is 1.84. The standard InChI is InChI=1S/C14H18N2O5S/c1-22(18,19)16(11-13-5-3-9-21-13)7-6-14(17)15-10-12-4-2-8-20-12/h2-5,8-9H,6-7,10-11H2,1H3,(H,15,17). The maximum absolute atomic E-state index is 11.8. The van der Waals surface area contributed by atoms with Crippen molar-refractivity contribution in [2.24, 2.45) is 0 Å². The number of furan rings is 2. The third-order valence-corrected chi connectivity index (χ3v) is 4.26. The lowest BCUT2D eigenvalue weighted by atomic mass is 10.3. The number of nitrogens with one attached hydrogen (secondary N) is 1. The van der Waals surface area contributed by atoms with Crippen molar-refractivity contribution in [2.45, 2.75) is 19.5 Å². The van der Waals surface area contributed by atoms with Crippen LogP contribution in [0, 0.1) is 0 Å². The zero-order valence-electron chi connectivity index (χ0n) is 12.2. The second-order valence-electron chi connectivity index (χ2n) is 4.78. The maximum Gasteiger partial charge on any atom is 0.221 e. The summed E-state index contributed by atoms with van der Waals surface area (Å²) in [6, 6.07) is 6.86. The lowest BCUT2D eigenvalue weighted by molar-refractivity contribution is -0.121. The zero-order chi connectivity index (χ0) is 16.0. The van der Waals surface area contributed by atoms with Gasteiger partial charge in [-0.2, -0.15) is 4.31 Å². The first-order valence-corrected chi connectivity index (χ1v) is 8.56. The zero-order valence-corrected chi connectivity index (χ0v) is 13.0. The normalized spacial score (nSPS) is 11.7. The number of nitrogens with zero attached hydrogens (tertiary/aromatic N) is 1. The molecule has 0 aliphatic carbocycles. The molecule has 2 heterocycles. The molecule has 0 aliphatic rings. The number of carbonyl (C=O) groups excluding carboxylic acids is 1. The number of sulfonamides is 1. The van der Waals surface area contributed by atoms with E-state index in [1.807, 2.05) is 0 Å². The molecular weight excluding hydrogens is 308 g/mol. The van der Waals surface area contributed by atoms with Crippen molar-refractivity contribution < 1.29 is 22.0 Å². The lowest BCUT2D eigenvalue weighted by Crippen LogP contribution is -2.34. The molecule has 0 atom stereocenters. The molecule has 22 heavy (non-hydrogen) atoms. The largest absolute Gasteiger partial charge is 0.468 e. The molecule has 7 nitrogen and oxygen atoms in total. The molecule has 0 saturated carbocycles. The summed E-state index contributed by atoms with van der Waals surface area (Å²) in [6.07, 6.45) is 4.17. The predicted molar refractivity (Wildman–Crippen MR) is 79.1 cm³/mol. The van der Waals surface area contributed by atoms with E-state index in [-0.39, 0.29) is 32.0 Å². The maximum atomic E-state index is 11.8. The van der Waals surface area contributed by atoms with Crippen LogP contribution in [0.4, 0.5) is 0 Å². The lowest BCUT2D eigenvalue weighted by Gasteiger charge is -2.18. The van der Waals surface area contributed by atoms with E-state index < -0.39 is 10.0 Å². The second kappa shape index (κ2) is 7.28. The van der Waals surface area contributed by atoms with Crippen LogP contribution >= 0.6 is 0 Å². The number of amides is 1. The van der Waals surface area contributed by atoms with Crippen molar-refractivity contribution in [2.75, 3.05) is 12.8 Å². The SMILES string of the molecule is CS(=O)(=O)N(CCC(=O)NCc1ccco1)Cc1ccco1. The molecular formula is C14H18N2O5S. The van der Waals surface area contributed by atoms with Crippen LogP contribution in [0.1, 0.15) is 17.9 Å². The summed E-state index contributed by atoms with van der Waals surface area (Å²) in [5.41, 5.74) is 0. The minimum absolute atomic E-state index is 0.0640. The first kappa shape index (κ1) is 16.3. The Labute approximate surface area is 128 Å². The first-order valence-electron chi connectivity index (χ1n) is 6.72. The highest BCUT2D eigenvalue weighted by atomic mass is 32.2. The summed E-state index contributed by atoms with van der Waals surface area (Å²) < 4.78 is 35.0. The Bertz CT molecular complexity index is 677. The van der Waals surface area contributed by atoms with E-state index >= 15 is 0 Å². The van der Waals surface area contributed by atoms with Crippen molar-refractivity contribution in [3.8, 4) is 0 Å². The number of hydrogen-bond acceptors (Lipinski definition) is 5. The molecule has 0 aromatic carbocycles. The van der Waals surface area contributed by atoms with Crippen LogP contribution < -0.4 is 5.32 Å². The fraction of sp³-hybridized carbons (Fsp3) is 0.357. The van der Waals surface area contributed by atoms with Crippen LogP contribution in [0.15, 0.2) is 45.6 Å². The summed E-state index contributed by atoms with van der Waals surface area (Å²) in [6.45, 7) is 0.476. The van der Waals surface area contributed by atoms with Gasteiger partial charge in [0.05, 0.1) is 31.9 Å². The van der Waals surface area contributed by atoms with Gasteiger partial charge in [0.15, 0.2) is 0 Å². The predicted octanol–water partition coefficient (Wildman–Crippen LogP) is 1.34. The van der Waals surface area contributed by atoms with Gasteiger partial charge in [-0.3, -0.25) is 4.79 Å². The van der Waals surface area contributed by atoms with Crippen molar-refractivity contribution in [1.29, 1.82) is 0 Å². The number of rotatable bonds is 8. The molecule has 2 aromatic heterocycles. The van der Waals surface area contributed by atoms with Gasteiger partial charge in [0.2, 0.25) is 15.9 Å². The minimum Gasteiger partial charge on any atom is -0.468 e. The van der Waals surface area contributed by atoms with Crippen molar-refractivity contribution in [1.82, 2.24) is 9.62 Å². The van der Waals surface area contributed by atoms with Crippen LogP contribution in [0.3, 0.4) is 0 Å². The smallest absolute Gasteiger partial charge is 0.221 e. The molecule has 1 N–H and O–H groups in total. The summed E-state index contributed by atoms with van der Waals surface area (Å²) >= 11 is 0. The Hall–Kier alpha value is -2.06. The molecule has 0 fully saturated rings. The average Bonchev–Trinajstić information content (AvgIpc) is 3.12. The summed E-state index contributed by atoms with van der Waals surface area (Å²) in [7, 11) is -3.42. The quantitative estimate of drug-likeness (QED) is 0.790. The fourth-order valence-electron chi connectivity index (χ4n) is 1.85. The Morgan fingerprint density at radius 1 is 1.18 bits per heavy atom. The van der Waals surface area contributed by atoms with Crippen LogP contribution in [0.25, 0.3) is 0 Å². The molecule has 120 valence electrons. The monoisotopic (exact) mass is 326 g/mol. The Kier molecular flexibility index (Phi) is 5.40. The van der Waals surface area contributed by atoms with Gasteiger partial charge >= 0.3 is 0 Å². The molecule has 0 bridgehead atoms. The molecule has 2 aromatic rings. The van der Waals surface area contributed by atoms with E-state index in [1.54, 1.807) is 24.3 Å². The van der Waals surface area contributed by atoms with Gasteiger partial charge in [-0.25, -0.2) is 8.42 Å². The van der Waals surface area contributed by atoms with Gasteiger partial charge < -0.3 is 14.2 Å². The van der Waals surface area contributed by atoms with E-state index in [2.05, 4.69) is 5.32 Å². The molecule has 0 aliphatic heterocycles. The Morgan fingerprint density at radius 2 is 1.82 bits per heavy atom. The summed E-state index contributed by atoms with van der Waals surface area (Å²) in [4.78, 5) is 11.8. The molecule has 8 heteroatoms. The van der Waals surface area contributed by atoms with Gasteiger partial charge in [-0.1, -0.05) is 0 Å². The molecule has 0 radical (unpaired) electrons. The van der Waals surface area contributed by atoms with Crippen LogP contribution in [0.2, 0.25) is 0 Å². The highest BCUT2D eigenvalue weighted by Crippen LogP contribution is 2.09. The topological polar surface area (TPSA) is 92.8 Å². The van der Waals surface area contributed by atoms with Crippen molar-refractivity contribution >= 4 is 15.9 Å². The number of carbonyl (C=O) groups is 1. The van der Waals surface area contributed by atoms with E-state index in [9.17, 15) is 13.2 Å². The summed E-state index contributed by atoms with van der Waals surface area (Å²) in [5, 5.41) is 2.67. The minimum atomic E-state index is -3.42. The van der Waals surface area contributed by atoms with Gasteiger partial charge in [0.1, 0.15) is 11.5 Å². The van der Waals surface area contributed by atoms with E-state index in [0.717, 1.165) is 6.26 Å². The third kappa shape index (κ3) is 5.05. The molecule has 1 amide bonds. The fourth-order valence-corrected chi connectivity index (χ4v) is 2.64. The van der Waals surface area contributed by atoms with Gasteiger partial charge in [0, 0.05) is 13.0 Å².